The molecular formula is C46H88NO7P. The minimum atomic E-state index is -4.28. The van der Waals surface area contributed by atoms with E-state index in [4.69, 9.17) is 24.3 Å². The van der Waals surface area contributed by atoms with E-state index in [0.29, 0.717) is 13.0 Å². The molecule has 0 bridgehead atoms. The van der Waals surface area contributed by atoms with Crippen molar-refractivity contribution in [1.29, 1.82) is 0 Å². The Balaban J connectivity index is 4.00. The van der Waals surface area contributed by atoms with Gasteiger partial charge in [0.2, 0.25) is 0 Å². The van der Waals surface area contributed by atoms with Gasteiger partial charge in [0.05, 0.1) is 19.8 Å². The van der Waals surface area contributed by atoms with Gasteiger partial charge < -0.3 is 20.1 Å². The first-order chi connectivity index (χ1) is 26.9. The molecule has 2 atom stereocenters. The summed E-state index contributed by atoms with van der Waals surface area (Å²) >= 11 is 0. The minimum absolute atomic E-state index is 0.0977. The lowest BCUT2D eigenvalue weighted by molar-refractivity contribution is -0.154. The van der Waals surface area contributed by atoms with Gasteiger partial charge in [-0.2, -0.15) is 0 Å². The predicted octanol–water partition coefficient (Wildman–Crippen LogP) is 13.8. The first-order valence-corrected chi connectivity index (χ1v) is 24.5. The van der Waals surface area contributed by atoms with Crippen molar-refractivity contribution in [2.24, 2.45) is 5.73 Å². The van der Waals surface area contributed by atoms with Crippen molar-refractivity contribution >= 4 is 13.8 Å². The van der Waals surface area contributed by atoms with E-state index in [2.05, 4.69) is 50.3 Å². The van der Waals surface area contributed by atoms with E-state index in [1.807, 2.05) is 0 Å². The molecule has 8 nitrogen and oxygen atoms in total. The summed E-state index contributed by atoms with van der Waals surface area (Å²) in [6, 6.07) is 0. The van der Waals surface area contributed by atoms with Crippen LogP contribution < -0.4 is 5.73 Å². The molecule has 9 heteroatoms. The highest BCUT2D eigenvalue weighted by atomic mass is 31.2. The van der Waals surface area contributed by atoms with Gasteiger partial charge in [-0.25, -0.2) is 4.57 Å². The Morgan fingerprint density at radius 3 is 1.45 bits per heavy atom. The van der Waals surface area contributed by atoms with Crippen LogP contribution in [-0.4, -0.2) is 49.9 Å². The first-order valence-electron chi connectivity index (χ1n) is 23.0. The van der Waals surface area contributed by atoms with Crippen molar-refractivity contribution in [2.75, 3.05) is 33.0 Å². The van der Waals surface area contributed by atoms with E-state index in [9.17, 15) is 14.3 Å². The standard InChI is InChI=1S/C46H88NO7P/c1-3-5-7-9-11-13-15-17-19-21-22-23-24-26-28-30-32-34-36-38-41-51-43-45(44-53-55(49,50)52-42-40-47)54-46(48)39-37-35-33-31-29-27-25-20-18-16-14-12-10-8-6-4-2/h14,16-17,19-20,25,45H,3-13,15,18,21-24,26-44,47H2,1-2H3,(H,49,50)/b16-14-,19-17-,25-20-. The number of phosphoric acid groups is 1. The summed E-state index contributed by atoms with van der Waals surface area (Å²) in [4.78, 5) is 22.5. The molecule has 0 rings (SSSR count). The predicted molar refractivity (Wildman–Crippen MR) is 233 cm³/mol. The molecule has 0 saturated carbocycles. The molecule has 0 aliphatic heterocycles. The number of hydrogen-bond acceptors (Lipinski definition) is 7. The molecule has 2 unspecified atom stereocenters. The van der Waals surface area contributed by atoms with Gasteiger partial charge in [0.25, 0.3) is 0 Å². The molecule has 0 aromatic carbocycles. The Labute approximate surface area is 339 Å². The zero-order chi connectivity index (χ0) is 40.2. The summed E-state index contributed by atoms with van der Waals surface area (Å²) in [5, 5.41) is 0. The second-order valence-electron chi connectivity index (χ2n) is 15.3. The molecule has 55 heavy (non-hydrogen) atoms. The highest BCUT2D eigenvalue weighted by Crippen LogP contribution is 2.43. The van der Waals surface area contributed by atoms with Crippen molar-refractivity contribution in [3.8, 4) is 0 Å². The maximum atomic E-state index is 12.6. The van der Waals surface area contributed by atoms with Crippen LogP contribution in [0.1, 0.15) is 213 Å². The van der Waals surface area contributed by atoms with Crippen LogP contribution in [0.4, 0.5) is 0 Å². The fourth-order valence-electron chi connectivity index (χ4n) is 6.37. The Morgan fingerprint density at radius 2 is 0.964 bits per heavy atom. The molecule has 0 fully saturated rings. The summed E-state index contributed by atoms with van der Waals surface area (Å²) in [5.74, 6) is -0.343. The molecule has 0 aromatic heterocycles. The first kappa shape index (κ1) is 53.7. The number of allylic oxidation sites excluding steroid dienone is 6. The van der Waals surface area contributed by atoms with Crippen molar-refractivity contribution in [1.82, 2.24) is 0 Å². The van der Waals surface area contributed by atoms with Crippen molar-refractivity contribution in [2.45, 2.75) is 219 Å². The van der Waals surface area contributed by atoms with Crippen LogP contribution in [0.5, 0.6) is 0 Å². The van der Waals surface area contributed by atoms with Crippen molar-refractivity contribution < 1.29 is 32.8 Å². The Kier molecular flexibility index (Phi) is 42.8. The summed E-state index contributed by atoms with van der Waals surface area (Å²) in [7, 11) is -4.28. The number of carbonyl (C=O) groups is 1. The number of carbonyl (C=O) groups excluding carboxylic acids is 1. The smallest absolute Gasteiger partial charge is 0.457 e. The van der Waals surface area contributed by atoms with Crippen LogP contribution in [0, 0.1) is 0 Å². The average molecular weight is 798 g/mol. The van der Waals surface area contributed by atoms with Crippen LogP contribution in [-0.2, 0) is 27.9 Å². The molecule has 0 aromatic rings. The number of nitrogens with two attached hydrogens (primary N) is 1. The number of ether oxygens (including phenoxy) is 2. The summed E-state index contributed by atoms with van der Waals surface area (Å²) < 4.78 is 33.5. The molecule has 0 saturated heterocycles. The van der Waals surface area contributed by atoms with Crippen LogP contribution in [0.25, 0.3) is 0 Å². The number of rotatable bonds is 44. The Bertz CT molecular complexity index is 941. The lowest BCUT2D eigenvalue weighted by Gasteiger charge is -2.20. The summed E-state index contributed by atoms with van der Waals surface area (Å²) in [6.07, 6.45) is 50.2. The van der Waals surface area contributed by atoms with Crippen LogP contribution >= 0.6 is 7.82 Å². The third-order valence-electron chi connectivity index (χ3n) is 9.78. The molecule has 324 valence electrons. The zero-order valence-corrected chi connectivity index (χ0v) is 36.8. The van der Waals surface area contributed by atoms with Gasteiger partial charge in [0.15, 0.2) is 0 Å². The van der Waals surface area contributed by atoms with Crippen molar-refractivity contribution in [3.63, 3.8) is 0 Å². The topological polar surface area (TPSA) is 117 Å². The fraction of sp³-hybridized carbons (Fsp3) is 0.848. The van der Waals surface area contributed by atoms with Crippen LogP contribution in [0.3, 0.4) is 0 Å². The summed E-state index contributed by atoms with van der Waals surface area (Å²) in [6.45, 7) is 4.90. The summed E-state index contributed by atoms with van der Waals surface area (Å²) in [5.41, 5.74) is 5.37. The normalized spacial score (nSPS) is 13.7. The number of hydrogen-bond donors (Lipinski definition) is 2. The van der Waals surface area contributed by atoms with Gasteiger partial charge in [0.1, 0.15) is 6.10 Å². The molecule has 0 amide bonds. The minimum Gasteiger partial charge on any atom is -0.457 e. The maximum absolute atomic E-state index is 12.6. The van der Waals surface area contributed by atoms with Gasteiger partial charge in [-0.1, -0.05) is 172 Å². The number of unbranched alkanes of at least 4 members (excludes halogenated alkanes) is 25. The SMILES string of the molecule is CCCCCC/C=C\C/C=C\CCCCCCCC(=O)OC(COCCCCCCCCCCCC/C=C\CCCCCCCC)COP(=O)(O)OCCN. The van der Waals surface area contributed by atoms with Gasteiger partial charge in [-0.3, -0.25) is 13.8 Å². The average Bonchev–Trinajstić information content (AvgIpc) is 3.17. The second kappa shape index (κ2) is 43.8. The van der Waals surface area contributed by atoms with Gasteiger partial charge in [-0.15, -0.1) is 0 Å². The molecule has 0 spiro atoms. The number of phosphoric ester groups is 1. The van der Waals surface area contributed by atoms with Gasteiger partial charge >= 0.3 is 13.8 Å². The Morgan fingerprint density at radius 1 is 0.545 bits per heavy atom. The molecule has 0 aliphatic rings. The second-order valence-corrected chi connectivity index (χ2v) is 16.7. The number of esters is 1. The lowest BCUT2D eigenvalue weighted by Crippen LogP contribution is -2.28. The molecule has 0 radical (unpaired) electrons. The van der Waals surface area contributed by atoms with E-state index in [0.717, 1.165) is 57.8 Å². The zero-order valence-electron chi connectivity index (χ0n) is 35.9. The fourth-order valence-corrected chi connectivity index (χ4v) is 7.14. The van der Waals surface area contributed by atoms with Crippen LogP contribution in [0.15, 0.2) is 36.5 Å². The monoisotopic (exact) mass is 798 g/mol. The maximum Gasteiger partial charge on any atom is 0.472 e. The molecule has 3 N–H and O–H groups in total. The van der Waals surface area contributed by atoms with Gasteiger partial charge in [-0.05, 0) is 70.6 Å². The molecule has 0 heterocycles. The quantitative estimate of drug-likeness (QED) is 0.0271. The van der Waals surface area contributed by atoms with E-state index >= 15 is 0 Å². The third-order valence-corrected chi connectivity index (χ3v) is 10.8. The van der Waals surface area contributed by atoms with Crippen molar-refractivity contribution in [3.05, 3.63) is 36.5 Å². The van der Waals surface area contributed by atoms with E-state index in [1.54, 1.807) is 0 Å². The van der Waals surface area contributed by atoms with Crippen LogP contribution in [0.2, 0.25) is 0 Å². The van der Waals surface area contributed by atoms with E-state index in [-0.39, 0.29) is 32.3 Å². The highest BCUT2D eigenvalue weighted by Gasteiger charge is 2.25. The largest absolute Gasteiger partial charge is 0.472 e. The highest BCUT2D eigenvalue weighted by molar-refractivity contribution is 7.47. The van der Waals surface area contributed by atoms with E-state index in [1.165, 1.54) is 135 Å². The van der Waals surface area contributed by atoms with Gasteiger partial charge in [0, 0.05) is 19.6 Å². The van der Waals surface area contributed by atoms with E-state index < -0.39 is 13.9 Å². The molecule has 0 aliphatic carbocycles. The molecular weight excluding hydrogens is 709 g/mol. The lowest BCUT2D eigenvalue weighted by atomic mass is 10.1. The Hall–Kier alpha value is -1.28. The third kappa shape index (κ3) is 43.7.